The average Bonchev–Trinajstić information content (AvgIpc) is 3.08. The molecule has 0 aliphatic heterocycles. The van der Waals surface area contributed by atoms with E-state index in [-0.39, 0.29) is 22.7 Å². The second kappa shape index (κ2) is 6.89. The van der Waals surface area contributed by atoms with Crippen LogP contribution in [0.2, 0.25) is 0 Å². The van der Waals surface area contributed by atoms with Crippen molar-refractivity contribution in [2.45, 2.75) is 6.18 Å². The smallest absolute Gasteiger partial charge is 0.416 e. The topological polar surface area (TPSA) is 36.9 Å². The molecule has 0 radical (unpaired) electrons. The summed E-state index contributed by atoms with van der Waals surface area (Å²) in [5, 5.41) is 9.27. The molecular weight excluding hydrogens is 346 g/mol. The lowest BCUT2D eigenvalue weighted by atomic mass is 10.1. The van der Waals surface area contributed by atoms with Gasteiger partial charge in [0.25, 0.3) is 0 Å². The highest BCUT2D eigenvalue weighted by molar-refractivity contribution is 5.88. The maximum atomic E-state index is 13.3. The van der Waals surface area contributed by atoms with Crippen LogP contribution in [-0.2, 0) is 6.18 Å². The first-order chi connectivity index (χ1) is 12.4. The van der Waals surface area contributed by atoms with Crippen LogP contribution in [0.25, 0.3) is 23.0 Å². The van der Waals surface area contributed by atoms with E-state index < -0.39 is 17.6 Å². The minimum Gasteiger partial charge on any atom is -0.457 e. The number of nitrogens with zero attached hydrogens (tertiary/aromatic N) is 1. The van der Waals surface area contributed by atoms with Crippen molar-refractivity contribution in [3.63, 3.8) is 0 Å². The van der Waals surface area contributed by atoms with Gasteiger partial charge in [-0.1, -0.05) is 24.3 Å². The van der Waals surface area contributed by atoms with Gasteiger partial charge in [0.1, 0.15) is 17.3 Å². The molecule has 0 aliphatic rings. The van der Waals surface area contributed by atoms with Gasteiger partial charge in [-0.25, -0.2) is 4.39 Å². The number of furan rings is 1. The predicted octanol–water partition coefficient (Wildman–Crippen LogP) is 6.17. The third-order valence-corrected chi connectivity index (χ3v) is 3.64. The molecule has 0 bridgehead atoms. The fourth-order valence-corrected chi connectivity index (χ4v) is 2.41. The number of allylic oxidation sites excluding steroid dienone is 1. The Morgan fingerprint density at radius 1 is 1.00 bits per heavy atom. The van der Waals surface area contributed by atoms with E-state index in [0.29, 0.717) is 5.56 Å². The summed E-state index contributed by atoms with van der Waals surface area (Å²) >= 11 is 0. The highest BCUT2D eigenvalue weighted by Crippen LogP contribution is 2.33. The molecule has 0 aliphatic carbocycles. The first-order valence-corrected chi connectivity index (χ1v) is 7.52. The molecule has 0 saturated heterocycles. The Kier molecular flexibility index (Phi) is 4.63. The highest BCUT2D eigenvalue weighted by atomic mass is 19.4. The normalized spacial score (nSPS) is 12.0. The van der Waals surface area contributed by atoms with Gasteiger partial charge in [-0.15, -0.1) is 0 Å². The van der Waals surface area contributed by atoms with Gasteiger partial charge in [0.15, 0.2) is 0 Å². The summed E-state index contributed by atoms with van der Waals surface area (Å²) in [4.78, 5) is 0. The highest BCUT2D eigenvalue weighted by Gasteiger charge is 2.30. The Labute approximate surface area is 146 Å². The number of hydrogen-bond donors (Lipinski definition) is 0. The number of nitriles is 1. The summed E-state index contributed by atoms with van der Waals surface area (Å²) in [5.41, 5.74) is 0.0451. The second-order valence-electron chi connectivity index (χ2n) is 5.46. The van der Waals surface area contributed by atoms with Crippen molar-refractivity contribution < 1.29 is 22.0 Å². The van der Waals surface area contributed by atoms with Crippen molar-refractivity contribution in [2.75, 3.05) is 0 Å². The van der Waals surface area contributed by atoms with Crippen molar-refractivity contribution in [2.24, 2.45) is 0 Å². The van der Waals surface area contributed by atoms with Crippen LogP contribution < -0.4 is 0 Å². The molecule has 6 heteroatoms. The molecule has 1 aromatic heterocycles. The molecule has 3 aromatic rings. The predicted molar refractivity (Wildman–Crippen MR) is 89.0 cm³/mol. The third-order valence-electron chi connectivity index (χ3n) is 3.64. The van der Waals surface area contributed by atoms with E-state index in [1.165, 1.54) is 48.5 Å². The van der Waals surface area contributed by atoms with Crippen LogP contribution in [-0.4, -0.2) is 0 Å². The van der Waals surface area contributed by atoms with Gasteiger partial charge in [-0.2, -0.15) is 18.4 Å². The minimum absolute atomic E-state index is 0.175. The maximum Gasteiger partial charge on any atom is 0.416 e. The van der Waals surface area contributed by atoms with E-state index in [0.717, 1.165) is 12.1 Å². The molecule has 2 aromatic carbocycles. The first-order valence-electron chi connectivity index (χ1n) is 7.52. The van der Waals surface area contributed by atoms with Crippen molar-refractivity contribution in [3.8, 4) is 17.4 Å². The summed E-state index contributed by atoms with van der Waals surface area (Å²) in [5.74, 6) is 0.0323. The van der Waals surface area contributed by atoms with Crippen LogP contribution >= 0.6 is 0 Å². The lowest BCUT2D eigenvalue weighted by Gasteiger charge is -2.07. The standard InChI is InChI=1S/C20H11F4NO/c21-17-6-2-3-13(10-17)15(12-25)11-18-7-8-19(26-18)14-4-1-5-16(9-14)20(22,23)24/h1-11H. The van der Waals surface area contributed by atoms with Crippen LogP contribution in [0, 0.1) is 17.1 Å². The van der Waals surface area contributed by atoms with Gasteiger partial charge in [-0.05, 0) is 48.0 Å². The second-order valence-corrected chi connectivity index (χ2v) is 5.46. The van der Waals surface area contributed by atoms with E-state index in [2.05, 4.69) is 0 Å². The van der Waals surface area contributed by atoms with E-state index in [9.17, 15) is 22.8 Å². The Morgan fingerprint density at radius 3 is 2.46 bits per heavy atom. The van der Waals surface area contributed by atoms with Gasteiger partial charge in [-0.3, -0.25) is 0 Å². The molecule has 0 unspecified atom stereocenters. The largest absolute Gasteiger partial charge is 0.457 e. The van der Waals surface area contributed by atoms with Gasteiger partial charge < -0.3 is 4.42 Å². The number of benzene rings is 2. The molecule has 0 amide bonds. The molecule has 26 heavy (non-hydrogen) atoms. The Bertz CT molecular complexity index is 1010. The number of rotatable bonds is 3. The van der Waals surface area contributed by atoms with E-state index in [1.807, 2.05) is 6.07 Å². The SMILES string of the molecule is N#CC(=Cc1ccc(-c2cccc(C(F)(F)F)c2)o1)c1cccc(F)c1. The molecule has 130 valence electrons. The van der Waals surface area contributed by atoms with Crippen LogP contribution in [0.5, 0.6) is 0 Å². The van der Waals surface area contributed by atoms with Crippen LogP contribution in [0.4, 0.5) is 17.6 Å². The Balaban J connectivity index is 1.94. The van der Waals surface area contributed by atoms with Crippen molar-refractivity contribution in [1.82, 2.24) is 0 Å². The molecule has 0 atom stereocenters. The molecule has 1 heterocycles. The third kappa shape index (κ3) is 3.83. The maximum absolute atomic E-state index is 13.3. The van der Waals surface area contributed by atoms with E-state index in [4.69, 9.17) is 4.42 Å². The first kappa shape index (κ1) is 17.5. The summed E-state index contributed by atoms with van der Waals surface area (Å²) < 4.78 is 57.3. The fraction of sp³-hybridized carbons (Fsp3) is 0.0500. The van der Waals surface area contributed by atoms with Crippen LogP contribution in [0.3, 0.4) is 0 Å². The molecule has 0 fully saturated rings. The van der Waals surface area contributed by atoms with Crippen molar-refractivity contribution in [1.29, 1.82) is 5.26 Å². The Morgan fingerprint density at radius 2 is 1.77 bits per heavy atom. The lowest BCUT2D eigenvalue weighted by Crippen LogP contribution is -2.04. The van der Waals surface area contributed by atoms with Gasteiger partial charge in [0, 0.05) is 5.56 Å². The summed E-state index contributed by atoms with van der Waals surface area (Å²) in [7, 11) is 0. The van der Waals surface area contributed by atoms with Crippen LogP contribution in [0.1, 0.15) is 16.9 Å². The quantitative estimate of drug-likeness (QED) is 0.415. The van der Waals surface area contributed by atoms with E-state index >= 15 is 0 Å². The molecule has 0 saturated carbocycles. The van der Waals surface area contributed by atoms with Crippen molar-refractivity contribution in [3.05, 3.63) is 83.4 Å². The molecule has 3 rings (SSSR count). The van der Waals surface area contributed by atoms with Crippen LogP contribution in [0.15, 0.2) is 65.1 Å². The molecular formula is C20H11F4NO. The zero-order chi connectivity index (χ0) is 18.7. The average molecular weight is 357 g/mol. The monoisotopic (exact) mass is 357 g/mol. The van der Waals surface area contributed by atoms with Gasteiger partial charge in [0.2, 0.25) is 0 Å². The summed E-state index contributed by atoms with van der Waals surface area (Å²) in [6, 6.07) is 15.3. The van der Waals surface area contributed by atoms with Crippen molar-refractivity contribution >= 4 is 11.6 Å². The molecule has 0 spiro atoms. The number of hydrogen-bond acceptors (Lipinski definition) is 2. The van der Waals surface area contributed by atoms with Gasteiger partial charge >= 0.3 is 6.18 Å². The summed E-state index contributed by atoms with van der Waals surface area (Å²) in [6.07, 6.45) is -3.04. The number of alkyl halides is 3. The number of halogens is 4. The lowest BCUT2D eigenvalue weighted by molar-refractivity contribution is -0.137. The fourth-order valence-electron chi connectivity index (χ4n) is 2.41. The zero-order valence-electron chi connectivity index (χ0n) is 13.2. The van der Waals surface area contributed by atoms with E-state index in [1.54, 1.807) is 6.07 Å². The molecule has 0 N–H and O–H groups in total. The van der Waals surface area contributed by atoms with Gasteiger partial charge in [0.05, 0.1) is 17.2 Å². The Hall–Kier alpha value is -3.33. The summed E-state index contributed by atoms with van der Waals surface area (Å²) in [6.45, 7) is 0. The zero-order valence-corrected chi connectivity index (χ0v) is 13.2. The minimum atomic E-state index is -4.45. The molecule has 2 nitrogen and oxygen atoms in total.